The maximum Gasteiger partial charge on any atom is 0.269 e. The highest BCUT2D eigenvalue weighted by Gasteiger charge is 2.16. The summed E-state index contributed by atoms with van der Waals surface area (Å²) < 4.78 is 0.788. The summed E-state index contributed by atoms with van der Waals surface area (Å²) in [5.41, 5.74) is 6.58. The molecule has 106 valence electrons. The first-order valence-corrected chi connectivity index (χ1v) is 8.32. The van der Waals surface area contributed by atoms with E-state index in [-0.39, 0.29) is 11.7 Å². The average molecular weight is 315 g/mol. The third kappa shape index (κ3) is 2.72. The van der Waals surface area contributed by atoms with E-state index in [1.165, 1.54) is 23.1 Å². The molecule has 21 heavy (non-hydrogen) atoms. The van der Waals surface area contributed by atoms with E-state index in [9.17, 15) is 4.79 Å². The van der Waals surface area contributed by atoms with Gasteiger partial charge >= 0.3 is 0 Å². The molecule has 3 rings (SSSR count). The van der Waals surface area contributed by atoms with E-state index >= 15 is 0 Å². The van der Waals surface area contributed by atoms with Crippen LogP contribution in [0.25, 0.3) is 10.8 Å². The van der Waals surface area contributed by atoms with Gasteiger partial charge in [-0.1, -0.05) is 48.2 Å². The number of nitrogens with two attached hydrogens (primary N) is 1. The summed E-state index contributed by atoms with van der Waals surface area (Å²) in [7, 11) is 0. The van der Waals surface area contributed by atoms with E-state index in [4.69, 9.17) is 5.73 Å². The van der Waals surface area contributed by atoms with Gasteiger partial charge in [0.05, 0.1) is 0 Å². The highest BCUT2D eigenvalue weighted by molar-refractivity contribution is 8.00. The Morgan fingerprint density at radius 2 is 2.00 bits per heavy atom. The van der Waals surface area contributed by atoms with Gasteiger partial charge in [-0.3, -0.25) is 4.79 Å². The van der Waals surface area contributed by atoms with Crippen LogP contribution in [0.15, 0.2) is 46.8 Å². The number of carbonyl (C=O) groups is 1. The van der Waals surface area contributed by atoms with E-state index in [0.29, 0.717) is 4.88 Å². The van der Waals surface area contributed by atoms with Crippen molar-refractivity contribution in [3.05, 3.63) is 47.3 Å². The number of benzene rings is 2. The van der Waals surface area contributed by atoms with Crippen molar-refractivity contribution in [3.8, 4) is 0 Å². The molecule has 4 nitrogen and oxygen atoms in total. The molecule has 1 amide bonds. The van der Waals surface area contributed by atoms with Gasteiger partial charge in [0.2, 0.25) is 0 Å². The topological polar surface area (TPSA) is 68.0 Å². The van der Waals surface area contributed by atoms with Crippen LogP contribution in [0.5, 0.6) is 0 Å². The molecule has 0 aliphatic heterocycles. The Balaban J connectivity index is 1.94. The van der Waals surface area contributed by atoms with Gasteiger partial charge in [0, 0.05) is 11.1 Å². The second-order valence-electron chi connectivity index (χ2n) is 4.38. The number of hydrogen-bond donors (Lipinski definition) is 2. The summed E-state index contributed by atoms with van der Waals surface area (Å²) in [4.78, 5) is 17.0. The Morgan fingerprint density at radius 1 is 1.24 bits per heavy atom. The van der Waals surface area contributed by atoms with E-state index < -0.39 is 0 Å². The maximum atomic E-state index is 12.4. The lowest BCUT2D eigenvalue weighted by molar-refractivity contribution is 0.103. The van der Waals surface area contributed by atoms with Crippen molar-refractivity contribution in [2.45, 2.75) is 4.34 Å². The summed E-state index contributed by atoms with van der Waals surface area (Å²) in [6.07, 6.45) is 1.91. The third-order valence-corrected chi connectivity index (χ3v) is 5.11. The number of amides is 1. The normalized spacial score (nSPS) is 10.7. The van der Waals surface area contributed by atoms with E-state index in [1.54, 1.807) is 0 Å². The van der Waals surface area contributed by atoms with Gasteiger partial charge in [0.1, 0.15) is 10.7 Å². The predicted molar refractivity (Wildman–Crippen MR) is 90.2 cm³/mol. The van der Waals surface area contributed by atoms with Crippen LogP contribution >= 0.6 is 23.1 Å². The highest BCUT2D eigenvalue weighted by atomic mass is 32.2. The van der Waals surface area contributed by atoms with Crippen LogP contribution in [0.3, 0.4) is 0 Å². The fraction of sp³-hybridized carbons (Fsp3) is 0.0667. The van der Waals surface area contributed by atoms with Crippen LogP contribution in [0.1, 0.15) is 9.67 Å². The Kier molecular flexibility index (Phi) is 3.81. The summed E-state index contributed by atoms with van der Waals surface area (Å²) in [6, 6.07) is 13.7. The zero-order valence-electron chi connectivity index (χ0n) is 11.3. The van der Waals surface area contributed by atoms with Crippen LogP contribution < -0.4 is 11.1 Å². The summed E-state index contributed by atoms with van der Waals surface area (Å²) in [5.74, 6) is 0.0590. The van der Waals surface area contributed by atoms with E-state index in [0.717, 1.165) is 20.8 Å². The Labute approximate surface area is 130 Å². The number of thiazole rings is 1. The molecule has 0 radical (unpaired) electrons. The molecule has 0 aliphatic carbocycles. The van der Waals surface area contributed by atoms with Crippen LogP contribution in [-0.4, -0.2) is 17.1 Å². The predicted octanol–water partition coefficient (Wildman–Crippen LogP) is 3.85. The zero-order chi connectivity index (χ0) is 14.8. The largest absolute Gasteiger partial charge is 0.382 e. The van der Waals surface area contributed by atoms with Crippen molar-refractivity contribution < 1.29 is 4.79 Å². The fourth-order valence-corrected chi connectivity index (χ4v) is 3.46. The molecule has 3 N–H and O–H groups in total. The molecular formula is C15H13N3OS2. The second-order valence-corrected chi connectivity index (χ2v) is 6.43. The highest BCUT2D eigenvalue weighted by Crippen LogP contribution is 2.29. The monoisotopic (exact) mass is 315 g/mol. The molecule has 1 heterocycles. The third-order valence-electron chi connectivity index (χ3n) is 3.05. The number of carbonyl (C=O) groups excluding carboxylic acids is 1. The Morgan fingerprint density at radius 3 is 2.76 bits per heavy atom. The molecule has 0 aliphatic rings. The average Bonchev–Trinajstić information content (AvgIpc) is 2.89. The molecule has 0 bridgehead atoms. The minimum Gasteiger partial charge on any atom is -0.382 e. The van der Waals surface area contributed by atoms with Gasteiger partial charge < -0.3 is 11.1 Å². The lowest BCUT2D eigenvalue weighted by Gasteiger charge is -2.07. The molecular weight excluding hydrogens is 302 g/mol. The molecule has 0 spiro atoms. The van der Waals surface area contributed by atoms with Crippen LogP contribution in [-0.2, 0) is 0 Å². The molecule has 1 aromatic heterocycles. The maximum absolute atomic E-state index is 12.4. The number of hydrogen-bond acceptors (Lipinski definition) is 5. The van der Waals surface area contributed by atoms with Gasteiger partial charge in [-0.05, 0) is 17.7 Å². The van der Waals surface area contributed by atoms with Crippen molar-refractivity contribution in [1.82, 2.24) is 4.98 Å². The summed E-state index contributed by atoms with van der Waals surface area (Å²) in [5, 5.41) is 5.00. The number of rotatable bonds is 3. The number of thioether (sulfide) groups is 1. The SMILES string of the molecule is CSc1nc(N)c(C(=O)Nc2cccc3ccccc23)s1. The van der Waals surface area contributed by atoms with Gasteiger partial charge in [0.25, 0.3) is 5.91 Å². The zero-order valence-corrected chi connectivity index (χ0v) is 12.9. The van der Waals surface area contributed by atoms with Crippen molar-refractivity contribution in [2.75, 3.05) is 17.3 Å². The second kappa shape index (κ2) is 5.75. The van der Waals surface area contributed by atoms with Gasteiger partial charge in [0.15, 0.2) is 4.34 Å². The number of anilines is 2. The van der Waals surface area contributed by atoms with Crippen molar-refractivity contribution in [3.63, 3.8) is 0 Å². The van der Waals surface area contributed by atoms with Crippen molar-refractivity contribution in [2.24, 2.45) is 0 Å². The molecule has 0 saturated carbocycles. The van der Waals surface area contributed by atoms with Gasteiger partial charge in [-0.25, -0.2) is 4.98 Å². The van der Waals surface area contributed by atoms with E-state index in [1.807, 2.05) is 48.7 Å². The summed E-state index contributed by atoms with van der Waals surface area (Å²) >= 11 is 2.78. The Hall–Kier alpha value is -2.05. The van der Waals surface area contributed by atoms with Crippen molar-refractivity contribution >= 4 is 51.3 Å². The first-order valence-electron chi connectivity index (χ1n) is 6.28. The quantitative estimate of drug-likeness (QED) is 0.720. The van der Waals surface area contributed by atoms with Crippen molar-refractivity contribution in [1.29, 1.82) is 0 Å². The molecule has 2 aromatic carbocycles. The summed E-state index contributed by atoms with van der Waals surface area (Å²) in [6.45, 7) is 0. The molecule has 6 heteroatoms. The fourth-order valence-electron chi connectivity index (χ4n) is 2.08. The number of aromatic nitrogens is 1. The molecule has 0 fully saturated rings. The number of fused-ring (bicyclic) bond motifs is 1. The lowest BCUT2D eigenvalue weighted by Crippen LogP contribution is -2.12. The standard InChI is InChI=1S/C15H13N3OS2/c1-20-15-18-13(16)12(21-15)14(19)17-11-8-4-6-9-5-2-3-7-10(9)11/h2-8H,16H2,1H3,(H,17,19). The van der Waals surface area contributed by atoms with Crippen LogP contribution in [0.4, 0.5) is 11.5 Å². The molecule has 0 saturated heterocycles. The number of nitrogens with zero attached hydrogens (tertiary/aromatic N) is 1. The first kappa shape index (κ1) is 13.9. The van der Waals surface area contributed by atoms with Crippen LogP contribution in [0.2, 0.25) is 0 Å². The molecule has 0 atom stereocenters. The molecule has 0 unspecified atom stereocenters. The Bertz CT molecular complexity index is 808. The smallest absolute Gasteiger partial charge is 0.269 e. The van der Waals surface area contributed by atoms with E-state index in [2.05, 4.69) is 10.3 Å². The number of nitrogens with one attached hydrogen (secondary N) is 1. The minimum atomic E-state index is -0.221. The lowest BCUT2D eigenvalue weighted by atomic mass is 10.1. The first-order chi connectivity index (χ1) is 10.2. The molecule has 3 aromatic rings. The van der Waals surface area contributed by atoms with Gasteiger partial charge in [-0.2, -0.15) is 0 Å². The van der Waals surface area contributed by atoms with Crippen LogP contribution in [0, 0.1) is 0 Å². The minimum absolute atomic E-state index is 0.221. The number of nitrogen functional groups attached to an aromatic ring is 1. The van der Waals surface area contributed by atoms with Gasteiger partial charge in [-0.15, -0.1) is 11.3 Å².